The van der Waals surface area contributed by atoms with E-state index in [1.807, 2.05) is 32.9 Å². The van der Waals surface area contributed by atoms with Gasteiger partial charge in [-0.05, 0) is 45.0 Å². The number of hydrogen-bond acceptors (Lipinski definition) is 15. The summed E-state index contributed by atoms with van der Waals surface area (Å²) in [5.74, 6) is 0.768. The van der Waals surface area contributed by atoms with E-state index in [4.69, 9.17) is 67.3 Å². The van der Waals surface area contributed by atoms with Crippen LogP contribution in [-0.2, 0) is 56.8 Å². The highest BCUT2D eigenvalue weighted by Gasteiger charge is 2.15. The van der Waals surface area contributed by atoms with Gasteiger partial charge in [0.2, 0.25) is 0 Å². The SMILES string of the molecule is CC(C)(C)OC(=O)NCCOCCOCCOCCOCCOCCOCCOCCOCCOCCOCCOCCOc1ccc(N)cc1. The summed E-state index contributed by atoms with van der Waals surface area (Å²) in [5.41, 5.74) is 5.84. The first-order valence-corrected chi connectivity index (χ1v) is 17.7. The van der Waals surface area contributed by atoms with Crippen LogP contribution in [0.5, 0.6) is 5.75 Å². The molecular weight excluding hydrogens is 672 g/mol. The average molecular weight is 737 g/mol. The molecule has 0 aromatic heterocycles. The van der Waals surface area contributed by atoms with E-state index in [2.05, 4.69) is 5.32 Å². The van der Waals surface area contributed by atoms with Crippen LogP contribution in [0.15, 0.2) is 24.3 Å². The second-order valence-electron chi connectivity index (χ2n) is 11.6. The number of nitrogen functional groups attached to an aromatic ring is 1. The molecule has 1 amide bonds. The summed E-state index contributed by atoms with van der Waals surface area (Å²) < 4.78 is 70.8. The van der Waals surface area contributed by atoms with Gasteiger partial charge in [0.15, 0.2) is 0 Å². The molecule has 0 saturated carbocycles. The molecule has 51 heavy (non-hydrogen) atoms. The summed E-state index contributed by atoms with van der Waals surface area (Å²) >= 11 is 0. The number of carbonyl (C=O) groups excluding carboxylic acids is 1. The van der Waals surface area contributed by atoms with Crippen LogP contribution in [0, 0.1) is 0 Å². The highest BCUT2D eigenvalue weighted by atomic mass is 16.6. The van der Waals surface area contributed by atoms with Gasteiger partial charge in [-0.3, -0.25) is 0 Å². The molecule has 0 radical (unpaired) electrons. The molecule has 16 heteroatoms. The molecule has 16 nitrogen and oxygen atoms in total. The van der Waals surface area contributed by atoms with E-state index in [1.165, 1.54) is 0 Å². The number of hydrogen-bond donors (Lipinski definition) is 2. The van der Waals surface area contributed by atoms with Crippen molar-refractivity contribution in [3.8, 4) is 5.75 Å². The third kappa shape index (κ3) is 35.8. The fourth-order valence-corrected chi connectivity index (χ4v) is 3.62. The molecule has 0 aliphatic rings. The fourth-order valence-electron chi connectivity index (χ4n) is 3.62. The Labute approximate surface area is 304 Å². The van der Waals surface area contributed by atoms with E-state index in [0.29, 0.717) is 164 Å². The summed E-state index contributed by atoms with van der Waals surface area (Å²) in [4.78, 5) is 11.5. The number of nitrogens with one attached hydrogen (secondary N) is 1. The minimum atomic E-state index is -0.514. The second-order valence-corrected chi connectivity index (χ2v) is 11.6. The highest BCUT2D eigenvalue weighted by Crippen LogP contribution is 2.12. The van der Waals surface area contributed by atoms with Crippen LogP contribution in [0.2, 0.25) is 0 Å². The van der Waals surface area contributed by atoms with E-state index in [1.54, 1.807) is 12.1 Å². The summed E-state index contributed by atoms with van der Waals surface area (Å²) in [6, 6.07) is 7.25. The zero-order chi connectivity index (χ0) is 36.9. The van der Waals surface area contributed by atoms with Gasteiger partial charge < -0.3 is 72.6 Å². The van der Waals surface area contributed by atoms with Gasteiger partial charge in [-0.2, -0.15) is 0 Å². The molecule has 0 heterocycles. The number of nitrogens with two attached hydrogens (primary N) is 1. The van der Waals surface area contributed by atoms with E-state index in [-0.39, 0.29) is 0 Å². The van der Waals surface area contributed by atoms with Crippen LogP contribution in [0.4, 0.5) is 10.5 Å². The largest absolute Gasteiger partial charge is 0.491 e. The van der Waals surface area contributed by atoms with Crippen molar-refractivity contribution >= 4 is 11.8 Å². The third-order valence-electron chi connectivity index (χ3n) is 6.01. The molecular formula is C35H64N2O14. The maximum atomic E-state index is 11.5. The minimum Gasteiger partial charge on any atom is -0.491 e. The standard InChI is InChI=1S/C35H64N2O14/c1-35(2,3)51-34(38)37-8-9-39-10-11-40-12-13-41-14-15-42-16-17-43-18-19-44-20-21-45-22-23-46-24-25-47-26-27-48-28-29-49-30-31-50-33-6-4-32(36)5-7-33/h4-7H,8-31,36H2,1-3H3,(H,37,38). The van der Waals surface area contributed by atoms with Crippen molar-refractivity contribution in [2.45, 2.75) is 26.4 Å². The molecule has 1 aromatic rings. The van der Waals surface area contributed by atoms with Crippen LogP contribution in [0.25, 0.3) is 0 Å². The number of rotatable bonds is 37. The number of amides is 1. The summed E-state index contributed by atoms with van der Waals surface area (Å²) in [6.45, 7) is 16.9. The number of benzene rings is 1. The number of anilines is 1. The first-order chi connectivity index (χ1) is 24.9. The van der Waals surface area contributed by atoms with Gasteiger partial charge in [-0.25, -0.2) is 4.79 Å². The van der Waals surface area contributed by atoms with Crippen molar-refractivity contribution in [3.63, 3.8) is 0 Å². The summed E-state index contributed by atoms with van der Waals surface area (Å²) in [7, 11) is 0. The van der Waals surface area contributed by atoms with Gasteiger partial charge in [-0.1, -0.05) is 0 Å². The zero-order valence-electron chi connectivity index (χ0n) is 31.1. The lowest BCUT2D eigenvalue weighted by atomic mass is 10.2. The van der Waals surface area contributed by atoms with Gasteiger partial charge >= 0.3 is 6.09 Å². The Kier molecular flexibility index (Phi) is 31.8. The van der Waals surface area contributed by atoms with Crippen molar-refractivity contribution in [2.24, 2.45) is 0 Å². The van der Waals surface area contributed by atoms with Crippen molar-refractivity contribution in [2.75, 3.05) is 164 Å². The molecule has 3 N–H and O–H groups in total. The van der Waals surface area contributed by atoms with Gasteiger partial charge in [0.1, 0.15) is 18.0 Å². The Morgan fingerprint density at radius 2 is 0.745 bits per heavy atom. The van der Waals surface area contributed by atoms with Gasteiger partial charge in [0.05, 0.1) is 145 Å². The topological polar surface area (TPSA) is 175 Å². The van der Waals surface area contributed by atoms with Crippen LogP contribution < -0.4 is 15.8 Å². The number of carbonyl (C=O) groups is 1. The number of ether oxygens (including phenoxy) is 13. The highest BCUT2D eigenvalue weighted by molar-refractivity contribution is 5.67. The monoisotopic (exact) mass is 736 g/mol. The Morgan fingerprint density at radius 3 is 1.04 bits per heavy atom. The van der Waals surface area contributed by atoms with Crippen LogP contribution in [0.3, 0.4) is 0 Å². The minimum absolute atomic E-state index is 0.380. The van der Waals surface area contributed by atoms with E-state index in [9.17, 15) is 4.79 Å². The Hall–Kier alpha value is -2.35. The first-order valence-electron chi connectivity index (χ1n) is 17.7. The van der Waals surface area contributed by atoms with Crippen molar-refractivity contribution in [1.82, 2.24) is 5.32 Å². The van der Waals surface area contributed by atoms with E-state index < -0.39 is 11.7 Å². The van der Waals surface area contributed by atoms with Gasteiger partial charge in [0.25, 0.3) is 0 Å². The lowest BCUT2D eigenvalue weighted by molar-refractivity contribution is -0.0277. The molecule has 1 rings (SSSR count). The molecule has 0 saturated heterocycles. The molecule has 1 aromatic carbocycles. The van der Waals surface area contributed by atoms with Crippen molar-refractivity contribution in [3.05, 3.63) is 24.3 Å². The van der Waals surface area contributed by atoms with Crippen LogP contribution >= 0.6 is 0 Å². The van der Waals surface area contributed by atoms with Crippen LogP contribution in [0.1, 0.15) is 20.8 Å². The fraction of sp³-hybridized carbons (Fsp3) is 0.800. The maximum absolute atomic E-state index is 11.5. The van der Waals surface area contributed by atoms with E-state index in [0.717, 1.165) is 5.75 Å². The molecule has 298 valence electrons. The number of alkyl carbamates (subject to hydrolysis) is 1. The Morgan fingerprint density at radius 1 is 0.471 bits per heavy atom. The Balaban J connectivity index is 1.63. The van der Waals surface area contributed by atoms with Crippen molar-refractivity contribution < 1.29 is 66.4 Å². The molecule has 0 aliphatic heterocycles. The lowest BCUT2D eigenvalue weighted by Gasteiger charge is -2.19. The predicted molar refractivity (Wildman–Crippen MR) is 190 cm³/mol. The third-order valence-corrected chi connectivity index (χ3v) is 6.01. The maximum Gasteiger partial charge on any atom is 0.407 e. The predicted octanol–water partition coefficient (Wildman–Crippen LogP) is 2.35. The average Bonchev–Trinajstić information content (AvgIpc) is 3.09. The van der Waals surface area contributed by atoms with E-state index >= 15 is 0 Å². The normalized spacial score (nSPS) is 11.6. The lowest BCUT2D eigenvalue weighted by Crippen LogP contribution is -2.34. The molecule has 0 unspecified atom stereocenters. The molecule has 0 bridgehead atoms. The molecule has 0 spiro atoms. The quantitative estimate of drug-likeness (QED) is 0.0752. The molecule has 0 aliphatic carbocycles. The first kappa shape index (κ1) is 46.7. The molecule has 0 fully saturated rings. The van der Waals surface area contributed by atoms with Gasteiger partial charge in [-0.15, -0.1) is 0 Å². The molecule has 0 atom stereocenters. The van der Waals surface area contributed by atoms with Crippen molar-refractivity contribution in [1.29, 1.82) is 0 Å². The smallest absolute Gasteiger partial charge is 0.407 e. The second kappa shape index (κ2) is 34.7. The zero-order valence-corrected chi connectivity index (χ0v) is 31.1. The summed E-state index contributed by atoms with van der Waals surface area (Å²) in [6.07, 6.45) is -0.454. The summed E-state index contributed by atoms with van der Waals surface area (Å²) in [5, 5.41) is 2.63. The van der Waals surface area contributed by atoms with Crippen LogP contribution in [-0.4, -0.2) is 170 Å². The Bertz CT molecular complexity index is 892. The van der Waals surface area contributed by atoms with Gasteiger partial charge in [0, 0.05) is 12.2 Å².